The number of carbonyl (C=O) groups excluding carboxylic acids is 3. The summed E-state index contributed by atoms with van der Waals surface area (Å²) >= 11 is 1.39. The summed E-state index contributed by atoms with van der Waals surface area (Å²) in [5.74, 6) is -1.22. The van der Waals surface area contributed by atoms with E-state index in [1.807, 2.05) is 0 Å². The fraction of sp³-hybridized carbons (Fsp3) is 0.300. The van der Waals surface area contributed by atoms with Crippen LogP contribution in [0.2, 0.25) is 0 Å². The molecule has 0 atom stereocenters. The number of esters is 1. The van der Waals surface area contributed by atoms with E-state index in [4.69, 9.17) is 9.47 Å². The van der Waals surface area contributed by atoms with E-state index < -0.39 is 24.4 Å². The largest absolute Gasteiger partial charge is 0.497 e. The minimum atomic E-state index is -0.745. The van der Waals surface area contributed by atoms with Crippen molar-refractivity contribution in [3.05, 3.63) is 45.8 Å². The van der Waals surface area contributed by atoms with Crippen molar-refractivity contribution < 1.29 is 23.9 Å². The molecule has 2 amide bonds. The van der Waals surface area contributed by atoms with E-state index in [0.29, 0.717) is 21.9 Å². The molecule has 0 unspecified atom stereocenters. The van der Waals surface area contributed by atoms with Gasteiger partial charge in [0.25, 0.3) is 11.8 Å². The summed E-state index contributed by atoms with van der Waals surface area (Å²) in [6, 6.07) is 8.62. The van der Waals surface area contributed by atoms with Gasteiger partial charge in [0.15, 0.2) is 6.61 Å². The molecule has 2 N–H and O–H groups in total. The third-order valence-electron chi connectivity index (χ3n) is 4.38. The highest BCUT2D eigenvalue weighted by Crippen LogP contribution is 2.38. The van der Waals surface area contributed by atoms with Gasteiger partial charge in [-0.2, -0.15) is 5.26 Å². The fourth-order valence-corrected chi connectivity index (χ4v) is 4.25. The standard InChI is InChI=1S/C20H19N3O5S/c1-27-13-5-2-4-12(8-13)19(26)22-10-18(25)28-11-17(24)23-20-15(9-21)14-6-3-7-16(14)29-20/h2,4-5,8H,3,6-7,10-11H2,1H3,(H,22,26)(H,23,24). The van der Waals surface area contributed by atoms with Gasteiger partial charge in [-0.05, 0) is 43.0 Å². The van der Waals surface area contributed by atoms with Crippen molar-refractivity contribution in [3.63, 3.8) is 0 Å². The molecule has 0 saturated carbocycles. The van der Waals surface area contributed by atoms with Crippen molar-refractivity contribution in [1.82, 2.24) is 5.32 Å². The molecule has 1 aliphatic carbocycles. The van der Waals surface area contributed by atoms with Crippen LogP contribution in [0.4, 0.5) is 5.00 Å². The highest BCUT2D eigenvalue weighted by Gasteiger charge is 2.23. The lowest BCUT2D eigenvalue weighted by atomic mass is 10.1. The monoisotopic (exact) mass is 413 g/mol. The molecule has 9 heteroatoms. The predicted molar refractivity (Wildman–Crippen MR) is 106 cm³/mol. The lowest BCUT2D eigenvalue weighted by molar-refractivity contribution is -0.146. The van der Waals surface area contributed by atoms with E-state index in [9.17, 15) is 19.6 Å². The van der Waals surface area contributed by atoms with Crippen LogP contribution in [-0.4, -0.2) is 38.0 Å². The topological polar surface area (TPSA) is 118 Å². The summed E-state index contributed by atoms with van der Waals surface area (Å²) in [6.45, 7) is -0.874. The number of hydrogen-bond acceptors (Lipinski definition) is 7. The highest BCUT2D eigenvalue weighted by atomic mass is 32.1. The van der Waals surface area contributed by atoms with Gasteiger partial charge in [-0.25, -0.2) is 0 Å². The van der Waals surface area contributed by atoms with Crippen LogP contribution in [0.1, 0.15) is 32.8 Å². The maximum absolute atomic E-state index is 12.1. The van der Waals surface area contributed by atoms with Crippen LogP contribution in [0.5, 0.6) is 5.75 Å². The second kappa shape index (κ2) is 9.21. The first kappa shape index (κ1) is 20.4. The molecule has 0 radical (unpaired) electrons. The van der Waals surface area contributed by atoms with Crippen LogP contribution in [-0.2, 0) is 27.2 Å². The zero-order valence-electron chi connectivity index (χ0n) is 15.7. The molecule has 0 spiro atoms. The van der Waals surface area contributed by atoms with Crippen LogP contribution in [0, 0.1) is 11.3 Å². The second-order valence-corrected chi connectivity index (χ2v) is 7.40. The second-order valence-electron chi connectivity index (χ2n) is 6.30. The van der Waals surface area contributed by atoms with Crippen LogP contribution < -0.4 is 15.4 Å². The van der Waals surface area contributed by atoms with Gasteiger partial charge >= 0.3 is 5.97 Å². The van der Waals surface area contributed by atoms with Gasteiger partial charge in [0, 0.05) is 10.4 Å². The summed E-state index contributed by atoms with van der Waals surface area (Å²) in [5, 5.41) is 14.9. The molecule has 8 nitrogen and oxygen atoms in total. The summed E-state index contributed by atoms with van der Waals surface area (Å²) in [6.07, 6.45) is 2.77. The number of aryl methyl sites for hydroxylation is 1. The molecular formula is C20H19N3O5S. The van der Waals surface area contributed by atoms with Gasteiger partial charge in [0.1, 0.15) is 23.4 Å². The van der Waals surface area contributed by atoms with Crippen molar-refractivity contribution in [1.29, 1.82) is 5.26 Å². The van der Waals surface area contributed by atoms with Gasteiger partial charge in [0.2, 0.25) is 0 Å². The van der Waals surface area contributed by atoms with Gasteiger partial charge < -0.3 is 20.1 Å². The van der Waals surface area contributed by atoms with Crippen LogP contribution >= 0.6 is 11.3 Å². The average molecular weight is 413 g/mol. The molecule has 3 rings (SSSR count). The Kier molecular flexibility index (Phi) is 6.46. The number of methoxy groups -OCH3 is 1. The third-order valence-corrected chi connectivity index (χ3v) is 5.58. The maximum atomic E-state index is 12.1. The molecule has 0 saturated heterocycles. The molecule has 0 aliphatic heterocycles. The Balaban J connectivity index is 1.45. The molecule has 1 aromatic heterocycles. The number of benzene rings is 1. The first-order chi connectivity index (χ1) is 14.0. The third kappa shape index (κ3) is 4.92. The van der Waals surface area contributed by atoms with E-state index >= 15 is 0 Å². The van der Waals surface area contributed by atoms with Crippen molar-refractivity contribution >= 4 is 34.1 Å². The Bertz CT molecular complexity index is 992. The molecule has 150 valence electrons. The molecule has 1 heterocycles. The van der Waals surface area contributed by atoms with E-state index in [2.05, 4.69) is 16.7 Å². The summed E-state index contributed by atoms with van der Waals surface area (Å²) in [4.78, 5) is 37.0. The van der Waals surface area contributed by atoms with E-state index in [-0.39, 0.29) is 6.54 Å². The number of thiophene rings is 1. The number of carbonyl (C=O) groups is 3. The minimum absolute atomic E-state index is 0.338. The zero-order valence-corrected chi connectivity index (χ0v) is 16.6. The van der Waals surface area contributed by atoms with E-state index in [1.165, 1.54) is 18.4 Å². The summed E-state index contributed by atoms with van der Waals surface area (Å²) in [5.41, 5.74) is 1.84. The number of nitrogens with zero attached hydrogens (tertiary/aromatic N) is 1. The molecule has 0 fully saturated rings. The van der Waals surface area contributed by atoms with Crippen LogP contribution in [0.3, 0.4) is 0 Å². The number of anilines is 1. The zero-order chi connectivity index (χ0) is 20.8. The van der Waals surface area contributed by atoms with E-state index in [0.717, 1.165) is 29.7 Å². The lowest BCUT2D eigenvalue weighted by Gasteiger charge is -2.08. The molecule has 0 bridgehead atoms. The fourth-order valence-electron chi connectivity index (χ4n) is 2.99. The van der Waals surface area contributed by atoms with Crippen LogP contribution in [0.25, 0.3) is 0 Å². The molecular weight excluding hydrogens is 394 g/mol. The SMILES string of the molecule is COc1cccc(C(=O)NCC(=O)OCC(=O)Nc2sc3c(c2C#N)CCC3)c1. The van der Waals surface area contributed by atoms with Crippen molar-refractivity contribution in [2.45, 2.75) is 19.3 Å². The quantitative estimate of drug-likeness (QED) is 0.671. The van der Waals surface area contributed by atoms with E-state index in [1.54, 1.807) is 24.3 Å². The van der Waals surface area contributed by atoms with Crippen molar-refractivity contribution in [2.75, 3.05) is 25.6 Å². The molecule has 1 aliphatic rings. The molecule has 1 aromatic carbocycles. The average Bonchev–Trinajstić information content (AvgIpc) is 3.31. The first-order valence-corrected chi connectivity index (χ1v) is 9.76. The van der Waals surface area contributed by atoms with Crippen molar-refractivity contribution in [2.24, 2.45) is 0 Å². The van der Waals surface area contributed by atoms with Gasteiger partial charge in [-0.1, -0.05) is 6.07 Å². The Morgan fingerprint density at radius 1 is 1.28 bits per heavy atom. The van der Waals surface area contributed by atoms with Gasteiger partial charge in [-0.3, -0.25) is 14.4 Å². The Hall–Kier alpha value is -3.38. The first-order valence-electron chi connectivity index (χ1n) is 8.94. The number of hydrogen-bond donors (Lipinski definition) is 2. The number of nitrogens with one attached hydrogen (secondary N) is 2. The summed E-state index contributed by atoms with van der Waals surface area (Å²) < 4.78 is 9.93. The van der Waals surface area contributed by atoms with Gasteiger partial charge in [0.05, 0.1) is 12.7 Å². The number of ether oxygens (including phenoxy) is 2. The summed E-state index contributed by atoms with van der Waals surface area (Å²) in [7, 11) is 1.49. The lowest BCUT2D eigenvalue weighted by Crippen LogP contribution is -2.32. The van der Waals surface area contributed by atoms with Gasteiger partial charge in [-0.15, -0.1) is 11.3 Å². The molecule has 29 heavy (non-hydrogen) atoms. The Morgan fingerprint density at radius 2 is 2.10 bits per heavy atom. The Morgan fingerprint density at radius 3 is 2.86 bits per heavy atom. The number of rotatable bonds is 7. The minimum Gasteiger partial charge on any atom is -0.497 e. The maximum Gasteiger partial charge on any atom is 0.325 e. The molecule has 2 aromatic rings. The highest BCUT2D eigenvalue weighted by molar-refractivity contribution is 7.16. The smallest absolute Gasteiger partial charge is 0.325 e. The normalized spacial score (nSPS) is 11.9. The number of fused-ring (bicyclic) bond motifs is 1. The van der Waals surface area contributed by atoms with Crippen molar-refractivity contribution in [3.8, 4) is 11.8 Å². The van der Waals surface area contributed by atoms with Crippen LogP contribution in [0.15, 0.2) is 24.3 Å². The number of amides is 2. The Labute approximate surface area is 171 Å². The predicted octanol–water partition coefficient (Wildman–Crippen LogP) is 2.03. The number of nitriles is 1.